The molecule has 0 unspecified atom stereocenters. The average molecular weight is 176 g/mol. The maximum absolute atomic E-state index is 10.0. The van der Waals surface area contributed by atoms with Crippen LogP contribution < -0.4 is 4.74 Å². The van der Waals surface area contributed by atoms with Gasteiger partial charge in [0, 0.05) is 0 Å². The molecule has 1 aromatic carbocycles. The van der Waals surface area contributed by atoms with Gasteiger partial charge in [0.15, 0.2) is 6.61 Å². The first-order chi connectivity index (χ1) is 5.29. The number of aliphatic carboxylic acids is 1. The van der Waals surface area contributed by atoms with Gasteiger partial charge in [-0.15, -0.1) is 0 Å². The second-order valence-corrected chi connectivity index (χ2v) is 2.00. The number of benzene rings is 1. The SMILES string of the molecule is O=C(O)COc1ccccc1.[NaH]. The molecule has 0 fully saturated rings. The van der Waals surface area contributed by atoms with Crippen molar-refractivity contribution < 1.29 is 14.6 Å². The molecule has 0 aliphatic carbocycles. The van der Waals surface area contributed by atoms with Crippen LogP contribution in [0.5, 0.6) is 5.75 Å². The normalized spacial score (nSPS) is 8.33. The minimum absolute atomic E-state index is 0. The minimum atomic E-state index is -0.964. The Labute approximate surface area is 92.6 Å². The number of carbonyl (C=O) groups is 1. The van der Waals surface area contributed by atoms with Gasteiger partial charge in [0.1, 0.15) is 5.75 Å². The fourth-order valence-electron chi connectivity index (χ4n) is 0.662. The van der Waals surface area contributed by atoms with Gasteiger partial charge < -0.3 is 9.84 Å². The van der Waals surface area contributed by atoms with Gasteiger partial charge in [-0.2, -0.15) is 0 Å². The third-order valence-corrected chi connectivity index (χ3v) is 1.11. The number of carboxylic acids is 1. The Morgan fingerprint density at radius 2 is 1.92 bits per heavy atom. The molecule has 0 aromatic heterocycles. The molecule has 0 aliphatic heterocycles. The second kappa shape index (κ2) is 6.06. The first-order valence-corrected chi connectivity index (χ1v) is 3.18. The summed E-state index contributed by atoms with van der Waals surface area (Å²) in [5, 5.41) is 8.25. The van der Waals surface area contributed by atoms with Gasteiger partial charge >= 0.3 is 35.5 Å². The Hall–Kier alpha value is -0.510. The Morgan fingerprint density at radius 1 is 1.33 bits per heavy atom. The predicted molar refractivity (Wildman–Crippen MR) is 46.7 cm³/mol. The summed E-state index contributed by atoms with van der Waals surface area (Å²) < 4.78 is 4.87. The zero-order valence-corrected chi connectivity index (χ0v) is 5.86. The van der Waals surface area contributed by atoms with E-state index in [4.69, 9.17) is 9.84 Å². The van der Waals surface area contributed by atoms with Crippen molar-refractivity contribution in [3.05, 3.63) is 30.3 Å². The molecular weight excluding hydrogens is 167 g/mol. The van der Waals surface area contributed by atoms with E-state index in [9.17, 15) is 4.79 Å². The Morgan fingerprint density at radius 3 is 2.42 bits per heavy atom. The van der Waals surface area contributed by atoms with Gasteiger partial charge in [-0.1, -0.05) is 18.2 Å². The van der Waals surface area contributed by atoms with Crippen molar-refractivity contribution in [3.63, 3.8) is 0 Å². The summed E-state index contributed by atoms with van der Waals surface area (Å²) in [7, 11) is 0. The van der Waals surface area contributed by atoms with E-state index >= 15 is 0 Å². The van der Waals surface area contributed by atoms with Crippen LogP contribution in [0.25, 0.3) is 0 Å². The van der Waals surface area contributed by atoms with Gasteiger partial charge in [-0.3, -0.25) is 0 Å². The van der Waals surface area contributed by atoms with Gasteiger partial charge in [0.05, 0.1) is 0 Å². The van der Waals surface area contributed by atoms with Crippen LogP contribution >= 0.6 is 0 Å². The zero-order chi connectivity index (χ0) is 8.10. The molecule has 1 rings (SSSR count). The summed E-state index contributed by atoms with van der Waals surface area (Å²) in [6.07, 6.45) is 0. The third kappa shape index (κ3) is 4.38. The van der Waals surface area contributed by atoms with Crippen LogP contribution in [0.3, 0.4) is 0 Å². The Bertz CT molecular complexity index is 235. The standard InChI is InChI=1S/C8H8O3.Na.H/c9-8(10)6-11-7-4-2-1-3-5-7;;/h1-5H,6H2,(H,9,10);;. The fraction of sp³-hybridized carbons (Fsp3) is 0.125. The van der Waals surface area contributed by atoms with Crippen molar-refractivity contribution in [3.8, 4) is 5.75 Å². The first kappa shape index (κ1) is 11.5. The predicted octanol–water partition coefficient (Wildman–Crippen LogP) is 0.502. The summed E-state index contributed by atoms with van der Waals surface area (Å²) in [5.41, 5.74) is 0. The van der Waals surface area contributed by atoms with E-state index in [1.807, 2.05) is 6.07 Å². The Balaban J connectivity index is 0.00000121. The number of ether oxygens (including phenoxy) is 1. The molecule has 0 saturated carbocycles. The summed E-state index contributed by atoms with van der Waals surface area (Å²) in [6, 6.07) is 8.84. The average Bonchev–Trinajstić information content (AvgIpc) is 2.03. The van der Waals surface area contributed by atoms with Crippen molar-refractivity contribution in [2.75, 3.05) is 6.61 Å². The number of para-hydroxylation sites is 1. The monoisotopic (exact) mass is 176 g/mol. The molecule has 1 N–H and O–H groups in total. The maximum atomic E-state index is 10.0. The Kier molecular flexibility index (Phi) is 5.80. The van der Waals surface area contributed by atoms with Gasteiger partial charge in [0.2, 0.25) is 0 Å². The van der Waals surface area contributed by atoms with Gasteiger partial charge in [-0.25, -0.2) is 4.79 Å². The van der Waals surface area contributed by atoms with Gasteiger partial charge in [0.25, 0.3) is 0 Å². The molecule has 12 heavy (non-hydrogen) atoms. The second-order valence-electron chi connectivity index (χ2n) is 2.00. The number of hydrogen-bond donors (Lipinski definition) is 1. The summed E-state index contributed by atoms with van der Waals surface area (Å²) in [4.78, 5) is 10.0. The topological polar surface area (TPSA) is 46.5 Å². The van der Waals surface area contributed by atoms with E-state index in [-0.39, 0.29) is 36.2 Å². The molecule has 0 radical (unpaired) electrons. The van der Waals surface area contributed by atoms with Crippen molar-refractivity contribution in [2.45, 2.75) is 0 Å². The number of rotatable bonds is 3. The van der Waals surface area contributed by atoms with Crippen LogP contribution in [0.2, 0.25) is 0 Å². The van der Waals surface area contributed by atoms with E-state index in [0.29, 0.717) is 5.75 Å². The van der Waals surface area contributed by atoms with Crippen LogP contribution in [-0.4, -0.2) is 47.2 Å². The molecule has 0 amide bonds. The fourth-order valence-corrected chi connectivity index (χ4v) is 0.662. The quantitative estimate of drug-likeness (QED) is 0.682. The van der Waals surface area contributed by atoms with Crippen LogP contribution in [-0.2, 0) is 4.79 Å². The number of carboxylic acid groups (broad SMARTS) is 1. The van der Waals surface area contributed by atoms with Crippen molar-refractivity contribution in [1.82, 2.24) is 0 Å². The van der Waals surface area contributed by atoms with Gasteiger partial charge in [-0.05, 0) is 12.1 Å². The van der Waals surface area contributed by atoms with E-state index < -0.39 is 5.97 Å². The third-order valence-electron chi connectivity index (χ3n) is 1.11. The van der Waals surface area contributed by atoms with E-state index in [2.05, 4.69) is 0 Å². The number of hydrogen-bond acceptors (Lipinski definition) is 2. The van der Waals surface area contributed by atoms with E-state index in [0.717, 1.165) is 0 Å². The zero-order valence-electron chi connectivity index (χ0n) is 5.86. The van der Waals surface area contributed by atoms with Crippen LogP contribution in [0, 0.1) is 0 Å². The molecular formula is C8H9NaO3. The molecule has 1 aromatic rings. The summed E-state index contributed by atoms with van der Waals surface area (Å²) >= 11 is 0. The van der Waals surface area contributed by atoms with Crippen molar-refractivity contribution in [2.24, 2.45) is 0 Å². The van der Waals surface area contributed by atoms with Crippen LogP contribution in [0.15, 0.2) is 30.3 Å². The molecule has 60 valence electrons. The molecule has 0 aliphatic rings. The molecule has 0 heterocycles. The molecule has 3 nitrogen and oxygen atoms in total. The molecule has 0 saturated heterocycles. The van der Waals surface area contributed by atoms with E-state index in [1.54, 1.807) is 24.3 Å². The summed E-state index contributed by atoms with van der Waals surface area (Å²) in [6.45, 7) is -0.288. The molecule has 0 bridgehead atoms. The van der Waals surface area contributed by atoms with Crippen molar-refractivity contribution >= 4 is 35.5 Å². The van der Waals surface area contributed by atoms with Crippen molar-refractivity contribution in [1.29, 1.82) is 0 Å². The first-order valence-electron chi connectivity index (χ1n) is 3.18. The van der Waals surface area contributed by atoms with Crippen LogP contribution in [0.4, 0.5) is 0 Å². The molecule has 0 spiro atoms. The van der Waals surface area contributed by atoms with E-state index in [1.165, 1.54) is 0 Å². The molecule has 4 heteroatoms. The summed E-state index contributed by atoms with van der Waals surface area (Å²) in [5.74, 6) is -0.385. The molecule has 0 atom stereocenters. The van der Waals surface area contributed by atoms with Crippen LogP contribution in [0.1, 0.15) is 0 Å².